The van der Waals surface area contributed by atoms with Crippen LogP contribution in [0.3, 0.4) is 0 Å². The molecular weight excluding hydrogens is 434 g/mol. The van der Waals surface area contributed by atoms with Gasteiger partial charge in [-0.3, -0.25) is 4.90 Å². The highest BCUT2D eigenvalue weighted by atomic mass is 32.2. The Bertz CT molecular complexity index is 946. The Hall–Kier alpha value is -1.62. The standard InChI is InChI=1S/C22H31N3O4S2/c1-30(27)21-11-10-18(17-22(21)31(23,28)29)20(26)9-5-6-12-24-13-15-25(16-14-24)19-7-3-2-4-8-19/h2-4,7-8,10-11,17,20,26H,5-6,9,12-16H2,1H3,(H2,23,28,29). The lowest BCUT2D eigenvalue weighted by atomic mass is 10.0. The molecule has 0 radical (unpaired) electrons. The summed E-state index contributed by atoms with van der Waals surface area (Å²) in [7, 11) is -4.01. The smallest absolute Gasteiger partial charge is 0.243 e. The van der Waals surface area contributed by atoms with Gasteiger partial charge in [-0.15, -0.1) is 0 Å². The molecule has 1 heterocycles. The van der Waals surface area contributed by atoms with Crippen LogP contribution in [0.4, 0.5) is 5.69 Å². The molecule has 1 aliphatic heterocycles. The first-order valence-electron chi connectivity index (χ1n) is 10.5. The van der Waals surface area contributed by atoms with E-state index in [0.29, 0.717) is 12.0 Å². The van der Waals surface area contributed by atoms with Gasteiger partial charge >= 0.3 is 0 Å². The molecule has 1 saturated heterocycles. The van der Waals surface area contributed by atoms with Crippen molar-refractivity contribution >= 4 is 26.9 Å². The van der Waals surface area contributed by atoms with E-state index < -0.39 is 27.3 Å². The molecule has 3 N–H and O–H groups in total. The Morgan fingerprint density at radius 2 is 1.77 bits per heavy atom. The zero-order chi connectivity index (χ0) is 22.4. The monoisotopic (exact) mass is 465 g/mol. The van der Waals surface area contributed by atoms with E-state index in [1.807, 2.05) is 6.07 Å². The molecule has 2 atom stereocenters. The summed E-state index contributed by atoms with van der Waals surface area (Å²) < 4.78 is 35.4. The van der Waals surface area contributed by atoms with Crippen LogP contribution in [0.2, 0.25) is 0 Å². The fourth-order valence-electron chi connectivity index (χ4n) is 3.90. The number of anilines is 1. The molecule has 0 spiro atoms. The summed E-state index contributed by atoms with van der Waals surface area (Å²) >= 11 is -1.48. The molecule has 1 fully saturated rings. The lowest BCUT2D eigenvalue weighted by Gasteiger charge is -2.36. The van der Waals surface area contributed by atoms with Crippen molar-refractivity contribution in [2.45, 2.75) is 35.2 Å². The van der Waals surface area contributed by atoms with Crippen LogP contribution in [0.15, 0.2) is 58.3 Å². The molecule has 0 aliphatic carbocycles. The second-order valence-electron chi connectivity index (χ2n) is 7.88. The second-order valence-corrected chi connectivity index (χ2v) is 10.8. The SMILES string of the molecule is C[S+]([O-])c1ccc(C(O)CCCCN2CCN(c3ccccc3)CC2)cc1S(N)(=O)=O. The minimum atomic E-state index is -4.01. The Labute approximate surface area is 188 Å². The predicted molar refractivity (Wildman–Crippen MR) is 124 cm³/mol. The summed E-state index contributed by atoms with van der Waals surface area (Å²) in [5.41, 5.74) is 1.75. The topological polar surface area (TPSA) is 110 Å². The fourth-order valence-corrected chi connectivity index (χ4v) is 5.85. The molecule has 9 heteroatoms. The highest BCUT2D eigenvalue weighted by Crippen LogP contribution is 2.27. The molecule has 2 aromatic carbocycles. The van der Waals surface area contributed by atoms with E-state index in [2.05, 4.69) is 34.1 Å². The first-order chi connectivity index (χ1) is 14.8. The number of para-hydroxylation sites is 1. The number of aliphatic hydroxyl groups is 1. The summed E-state index contributed by atoms with van der Waals surface area (Å²) in [5, 5.41) is 15.8. The largest absolute Gasteiger partial charge is 0.612 e. The normalized spacial score (nSPS) is 17.5. The minimum absolute atomic E-state index is 0.160. The average molecular weight is 466 g/mol. The Morgan fingerprint density at radius 1 is 1.10 bits per heavy atom. The van der Waals surface area contributed by atoms with Crippen LogP contribution in [0.1, 0.15) is 30.9 Å². The van der Waals surface area contributed by atoms with Crippen LogP contribution in [0.5, 0.6) is 0 Å². The van der Waals surface area contributed by atoms with Crippen molar-refractivity contribution in [1.29, 1.82) is 0 Å². The van der Waals surface area contributed by atoms with Crippen molar-refractivity contribution < 1.29 is 18.1 Å². The third-order valence-corrected chi connectivity index (χ3v) is 7.72. The maximum absolute atomic E-state index is 11.8. The number of nitrogens with zero attached hydrogens (tertiary/aromatic N) is 2. The number of rotatable bonds is 9. The summed E-state index contributed by atoms with van der Waals surface area (Å²) in [6.45, 7) is 5.03. The number of unbranched alkanes of at least 4 members (excludes halogenated alkanes) is 1. The van der Waals surface area contributed by atoms with E-state index in [-0.39, 0.29) is 9.79 Å². The lowest BCUT2D eigenvalue weighted by Crippen LogP contribution is -2.46. The predicted octanol–water partition coefficient (Wildman–Crippen LogP) is 2.10. The summed E-state index contributed by atoms with van der Waals surface area (Å²) in [6.07, 6.45) is 2.94. The zero-order valence-electron chi connectivity index (χ0n) is 17.8. The van der Waals surface area contributed by atoms with Crippen LogP contribution in [0, 0.1) is 0 Å². The number of hydrogen-bond donors (Lipinski definition) is 2. The third-order valence-electron chi connectivity index (χ3n) is 5.66. The first kappa shape index (κ1) is 24.0. The third kappa shape index (κ3) is 6.68. The van der Waals surface area contributed by atoms with Gasteiger partial charge in [-0.25, -0.2) is 13.6 Å². The second kappa shape index (κ2) is 10.8. The number of sulfonamides is 1. The van der Waals surface area contributed by atoms with Crippen LogP contribution in [0.25, 0.3) is 0 Å². The highest BCUT2D eigenvalue weighted by Gasteiger charge is 2.23. The molecule has 0 bridgehead atoms. The maximum atomic E-state index is 11.8. The van der Waals surface area contributed by atoms with Crippen LogP contribution in [-0.4, -0.2) is 62.0 Å². The molecule has 170 valence electrons. The van der Waals surface area contributed by atoms with Crippen molar-refractivity contribution in [2.24, 2.45) is 5.14 Å². The van der Waals surface area contributed by atoms with Crippen molar-refractivity contribution in [3.05, 3.63) is 54.1 Å². The Kier molecular flexibility index (Phi) is 8.37. The first-order valence-corrected chi connectivity index (χ1v) is 13.6. The van der Waals surface area contributed by atoms with E-state index in [0.717, 1.165) is 45.6 Å². The average Bonchev–Trinajstić information content (AvgIpc) is 2.76. The molecule has 2 unspecified atom stereocenters. The molecule has 31 heavy (non-hydrogen) atoms. The lowest BCUT2D eigenvalue weighted by molar-refractivity contribution is 0.159. The van der Waals surface area contributed by atoms with Crippen LogP contribution >= 0.6 is 0 Å². The van der Waals surface area contributed by atoms with Gasteiger partial charge in [0.25, 0.3) is 0 Å². The van der Waals surface area contributed by atoms with Crippen molar-refractivity contribution in [1.82, 2.24) is 4.90 Å². The van der Waals surface area contributed by atoms with Gasteiger partial charge in [0, 0.05) is 31.9 Å². The molecule has 7 nitrogen and oxygen atoms in total. The van der Waals surface area contributed by atoms with Crippen molar-refractivity contribution in [3.63, 3.8) is 0 Å². The summed E-state index contributed by atoms with van der Waals surface area (Å²) in [4.78, 5) is 4.82. The number of nitrogens with two attached hydrogens (primary N) is 1. The fraction of sp³-hybridized carbons (Fsp3) is 0.455. The van der Waals surface area contributed by atoms with Gasteiger partial charge in [0.1, 0.15) is 11.2 Å². The number of primary sulfonamides is 1. The molecule has 1 aliphatic rings. The molecule has 2 aromatic rings. The van der Waals surface area contributed by atoms with E-state index in [1.165, 1.54) is 24.1 Å². The molecule has 3 rings (SSSR count). The van der Waals surface area contributed by atoms with Gasteiger partial charge in [-0.05, 0) is 66.8 Å². The van der Waals surface area contributed by atoms with Gasteiger partial charge in [0.05, 0.1) is 6.10 Å². The zero-order valence-corrected chi connectivity index (χ0v) is 19.4. The molecular formula is C22H31N3O4S2. The number of hydrogen-bond acceptors (Lipinski definition) is 6. The van der Waals surface area contributed by atoms with Gasteiger partial charge in [-0.1, -0.05) is 24.3 Å². The van der Waals surface area contributed by atoms with Crippen LogP contribution < -0.4 is 10.0 Å². The minimum Gasteiger partial charge on any atom is -0.612 e. The van der Waals surface area contributed by atoms with Gasteiger partial charge < -0.3 is 14.6 Å². The molecule has 0 amide bonds. The van der Waals surface area contributed by atoms with E-state index >= 15 is 0 Å². The Morgan fingerprint density at radius 3 is 2.39 bits per heavy atom. The van der Waals surface area contributed by atoms with Gasteiger partial charge in [0.2, 0.25) is 10.0 Å². The maximum Gasteiger partial charge on any atom is 0.243 e. The van der Waals surface area contributed by atoms with E-state index in [9.17, 15) is 18.1 Å². The quantitative estimate of drug-likeness (QED) is 0.433. The van der Waals surface area contributed by atoms with E-state index in [1.54, 1.807) is 6.07 Å². The molecule has 0 aromatic heterocycles. The Balaban J connectivity index is 1.45. The van der Waals surface area contributed by atoms with Gasteiger partial charge in [-0.2, -0.15) is 0 Å². The number of piperazine rings is 1. The number of benzene rings is 2. The van der Waals surface area contributed by atoms with Crippen molar-refractivity contribution in [2.75, 3.05) is 43.9 Å². The summed E-state index contributed by atoms with van der Waals surface area (Å²) in [5.74, 6) is 0. The summed E-state index contributed by atoms with van der Waals surface area (Å²) in [6, 6.07) is 14.9. The van der Waals surface area contributed by atoms with Crippen LogP contribution in [-0.2, 0) is 21.2 Å². The van der Waals surface area contributed by atoms with E-state index in [4.69, 9.17) is 5.14 Å². The molecule has 0 saturated carbocycles. The number of aliphatic hydroxyl groups excluding tert-OH is 1. The van der Waals surface area contributed by atoms with Crippen molar-refractivity contribution in [3.8, 4) is 0 Å². The highest BCUT2D eigenvalue weighted by molar-refractivity contribution is 7.93. The van der Waals surface area contributed by atoms with Gasteiger partial charge in [0.15, 0.2) is 4.90 Å².